The van der Waals surface area contributed by atoms with Gasteiger partial charge < -0.3 is 14.8 Å². The molecular formula is C16H24N2O5. The Morgan fingerprint density at radius 1 is 1.26 bits per heavy atom. The summed E-state index contributed by atoms with van der Waals surface area (Å²) in [6.07, 6.45) is 2.09. The summed E-state index contributed by atoms with van der Waals surface area (Å²) in [6.45, 7) is 6.48. The average Bonchev–Trinajstić information content (AvgIpc) is 2.44. The number of non-ortho nitro benzene ring substituents is 1. The van der Waals surface area contributed by atoms with Crippen LogP contribution < -0.4 is 10.1 Å². The van der Waals surface area contributed by atoms with Gasteiger partial charge in [0.15, 0.2) is 0 Å². The number of nitro groups is 1. The highest BCUT2D eigenvalue weighted by Crippen LogP contribution is 2.19. The van der Waals surface area contributed by atoms with Crippen LogP contribution in [0.25, 0.3) is 0 Å². The first kappa shape index (κ1) is 18.7. The van der Waals surface area contributed by atoms with Crippen molar-refractivity contribution in [1.29, 1.82) is 0 Å². The lowest BCUT2D eigenvalue weighted by molar-refractivity contribution is -0.384. The minimum absolute atomic E-state index is 0.0176. The molecular weight excluding hydrogens is 300 g/mol. The first-order chi connectivity index (χ1) is 10.8. The van der Waals surface area contributed by atoms with Gasteiger partial charge in [-0.25, -0.2) is 4.79 Å². The molecule has 23 heavy (non-hydrogen) atoms. The van der Waals surface area contributed by atoms with Crippen molar-refractivity contribution in [3.63, 3.8) is 0 Å². The number of amides is 1. The summed E-state index contributed by atoms with van der Waals surface area (Å²) in [7, 11) is 0. The molecule has 1 N–H and O–H groups in total. The molecule has 0 atom stereocenters. The molecule has 1 aromatic carbocycles. The van der Waals surface area contributed by atoms with Crippen LogP contribution in [0.15, 0.2) is 24.3 Å². The zero-order valence-electron chi connectivity index (χ0n) is 13.8. The first-order valence-electron chi connectivity index (χ1n) is 7.62. The van der Waals surface area contributed by atoms with Crippen molar-refractivity contribution in [3.05, 3.63) is 34.4 Å². The Bertz CT molecular complexity index is 525. The summed E-state index contributed by atoms with van der Waals surface area (Å²) in [5, 5.41) is 13.3. The number of carbonyl (C=O) groups excluding carboxylic acids is 1. The van der Waals surface area contributed by atoms with Gasteiger partial charge >= 0.3 is 6.09 Å². The number of hydrogen-bond donors (Lipinski definition) is 1. The Morgan fingerprint density at radius 3 is 2.65 bits per heavy atom. The van der Waals surface area contributed by atoms with Gasteiger partial charge in [-0.15, -0.1) is 0 Å². The van der Waals surface area contributed by atoms with E-state index < -0.39 is 16.6 Å². The van der Waals surface area contributed by atoms with E-state index in [1.165, 1.54) is 12.1 Å². The molecule has 0 heterocycles. The van der Waals surface area contributed by atoms with Gasteiger partial charge in [0.2, 0.25) is 0 Å². The van der Waals surface area contributed by atoms with Gasteiger partial charge in [-0.3, -0.25) is 10.1 Å². The van der Waals surface area contributed by atoms with E-state index in [9.17, 15) is 14.9 Å². The number of carbonyl (C=O) groups is 1. The number of unbranched alkanes of at least 4 members (excludes halogenated alkanes) is 2. The van der Waals surface area contributed by atoms with E-state index in [-0.39, 0.29) is 5.69 Å². The summed E-state index contributed by atoms with van der Waals surface area (Å²) >= 11 is 0. The Kier molecular flexibility index (Phi) is 7.31. The zero-order valence-corrected chi connectivity index (χ0v) is 13.8. The van der Waals surface area contributed by atoms with E-state index in [1.807, 2.05) is 20.8 Å². The highest BCUT2D eigenvalue weighted by Gasteiger charge is 2.15. The molecule has 1 rings (SSSR count). The molecule has 1 amide bonds. The fourth-order valence-electron chi connectivity index (χ4n) is 1.79. The lowest BCUT2D eigenvalue weighted by Gasteiger charge is -2.19. The van der Waals surface area contributed by atoms with E-state index in [4.69, 9.17) is 9.47 Å². The summed E-state index contributed by atoms with van der Waals surface area (Å²) in [6, 6.07) is 6.12. The topological polar surface area (TPSA) is 90.7 Å². The molecule has 0 saturated carbocycles. The Morgan fingerprint density at radius 2 is 2.00 bits per heavy atom. The van der Waals surface area contributed by atoms with Gasteiger partial charge in [-0.05, 0) is 46.1 Å². The maximum Gasteiger partial charge on any atom is 0.407 e. The van der Waals surface area contributed by atoms with Crippen molar-refractivity contribution >= 4 is 11.8 Å². The highest BCUT2D eigenvalue weighted by molar-refractivity contribution is 5.67. The van der Waals surface area contributed by atoms with E-state index in [0.29, 0.717) is 18.9 Å². The summed E-state index contributed by atoms with van der Waals surface area (Å²) in [5.74, 6) is 0.492. The Balaban J connectivity index is 2.11. The van der Waals surface area contributed by atoms with Gasteiger partial charge in [0.25, 0.3) is 5.69 Å². The van der Waals surface area contributed by atoms with Crippen LogP contribution in [0.4, 0.5) is 10.5 Å². The third-order valence-corrected chi connectivity index (χ3v) is 2.79. The lowest BCUT2D eigenvalue weighted by Crippen LogP contribution is -2.33. The van der Waals surface area contributed by atoms with Gasteiger partial charge in [0.1, 0.15) is 11.4 Å². The fourth-order valence-corrected chi connectivity index (χ4v) is 1.79. The van der Waals surface area contributed by atoms with Gasteiger partial charge in [-0.2, -0.15) is 0 Å². The second-order valence-corrected chi connectivity index (χ2v) is 6.09. The molecule has 0 fully saturated rings. The summed E-state index contributed by atoms with van der Waals surface area (Å²) < 4.78 is 10.6. The van der Waals surface area contributed by atoms with Crippen molar-refractivity contribution in [3.8, 4) is 5.75 Å². The van der Waals surface area contributed by atoms with Crippen molar-refractivity contribution in [1.82, 2.24) is 5.32 Å². The van der Waals surface area contributed by atoms with E-state index >= 15 is 0 Å². The van der Waals surface area contributed by atoms with Crippen LogP contribution in [0.1, 0.15) is 40.0 Å². The number of rotatable bonds is 8. The predicted octanol–water partition coefficient (Wildman–Crippen LogP) is 3.67. The molecule has 128 valence electrons. The molecule has 0 bridgehead atoms. The number of alkyl carbamates (subject to hydrolysis) is 1. The minimum atomic E-state index is -0.490. The van der Waals surface area contributed by atoms with Gasteiger partial charge in [0.05, 0.1) is 17.6 Å². The van der Waals surface area contributed by atoms with Crippen LogP contribution in [0, 0.1) is 10.1 Å². The smallest absolute Gasteiger partial charge is 0.407 e. The van der Waals surface area contributed by atoms with E-state index in [1.54, 1.807) is 12.1 Å². The number of ether oxygens (including phenoxy) is 2. The third kappa shape index (κ3) is 8.65. The summed E-state index contributed by atoms with van der Waals surface area (Å²) in [5.41, 5.74) is -0.472. The number of nitro benzene ring substituents is 1. The maximum absolute atomic E-state index is 11.4. The zero-order chi connectivity index (χ0) is 17.3. The van der Waals surface area contributed by atoms with Crippen LogP contribution in [-0.4, -0.2) is 29.8 Å². The van der Waals surface area contributed by atoms with E-state index in [0.717, 1.165) is 19.3 Å². The maximum atomic E-state index is 11.4. The van der Waals surface area contributed by atoms with Crippen molar-refractivity contribution in [2.75, 3.05) is 13.2 Å². The second-order valence-electron chi connectivity index (χ2n) is 6.09. The molecule has 7 nitrogen and oxygen atoms in total. The normalized spacial score (nSPS) is 10.9. The fraction of sp³-hybridized carbons (Fsp3) is 0.562. The molecule has 0 spiro atoms. The standard InChI is InChI=1S/C16H24N2O5/c1-16(2,3)23-15(19)17-10-5-4-6-11-22-14-9-7-8-13(12-14)18(20)21/h7-9,12H,4-6,10-11H2,1-3H3,(H,17,19). The minimum Gasteiger partial charge on any atom is -0.493 e. The monoisotopic (exact) mass is 324 g/mol. The number of hydrogen-bond acceptors (Lipinski definition) is 5. The molecule has 1 aromatic rings. The molecule has 0 aliphatic rings. The molecule has 0 aliphatic heterocycles. The SMILES string of the molecule is CC(C)(C)OC(=O)NCCCCCOc1cccc([N+](=O)[O-])c1. The third-order valence-electron chi connectivity index (χ3n) is 2.79. The molecule has 0 aliphatic carbocycles. The molecule has 7 heteroatoms. The Hall–Kier alpha value is -2.31. The van der Waals surface area contributed by atoms with Gasteiger partial charge in [0, 0.05) is 12.6 Å². The van der Waals surface area contributed by atoms with Crippen molar-refractivity contribution in [2.24, 2.45) is 0 Å². The van der Waals surface area contributed by atoms with Crippen LogP contribution in [-0.2, 0) is 4.74 Å². The molecule has 0 saturated heterocycles. The largest absolute Gasteiger partial charge is 0.493 e. The average molecular weight is 324 g/mol. The van der Waals surface area contributed by atoms with Crippen LogP contribution >= 0.6 is 0 Å². The van der Waals surface area contributed by atoms with Crippen LogP contribution in [0.2, 0.25) is 0 Å². The van der Waals surface area contributed by atoms with E-state index in [2.05, 4.69) is 5.32 Å². The molecule has 0 aromatic heterocycles. The number of nitrogens with one attached hydrogen (secondary N) is 1. The quantitative estimate of drug-likeness (QED) is 0.447. The molecule has 0 radical (unpaired) electrons. The summed E-state index contributed by atoms with van der Waals surface area (Å²) in [4.78, 5) is 21.6. The van der Waals surface area contributed by atoms with Crippen molar-refractivity contribution in [2.45, 2.75) is 45.6 Å². The first-order valence-corrected chi connectivity index (χ1v) is 7.62. The lowest BCUT2D eigenvalue weighted by atomic mass is 10.2. The highest BCUT2D eigenvalue weighted by atomic mass is 16.6. The van der Waals surface area contributed by atoms with Crippen LogP contribution in [0.5, 0.6) is 5.75 Å². The predicted molar refractivity (Wildman–Crippen MR) is 86.7 cm³/mol. The van der Waals surface area contributed by atoms with Crippen LogP contribution in [0.3, 0.4) is 0 Å². The molecule has 0 unspecified atom stereocenters. The van der Waals surface area contributed by atoms with Crippen molar-refractivity contribution < 1.29 is 19.2 Å². The van der Waals surface area contributed by atoms with Gasteiger partial charge in [-0.1, -0.05) is 6.07 Å². The second kappa shape index (κ2) is 8.97. The Labute approximate surface area is 136 Å². The number of nitrogens with zero attached hydrogens (tertiary/aromatic N) is 1. The number of benzene rings is 1.